The molecule has 0 aliphatic carbocycles. The number of hydrogen-bond acceptors (Lipinski definition) is 4. The minimum Gasteiger partial charge on any atom is -0.392 e. The molecule has 0 radical (unpaired) electrons. The van der Waals surface area contributed by atoms with E-state index in [1.807, 2.05) is 31.2 Å². The van der Waals surface area contributed by atoms with Gasteiger partial charge in [0.1, 0.15) is 0 Å². The molecule has 108 valence electrons. The molecule has 0 unspecified atom stereocenters. The van der Waals surface area contributed by atoms with Crippen LogP contribution in [0.15, 0.2) is 24.3 Å². The zero-order valence-corrected chi connectivity index (χ0v) is 12.3. The topological polar surface area (TPSA) is 50.5 Å². The van der Waals surface area contributed by atoms with Crippen molar-refractivity contribution in [3.63, 3.8) is 0 Å². The maximum absolute atomic E-state index is 9.50. The monoisotopic (exact) mass is 273 g/mol. The van der Waals surface area contributed by atoms with E-state index in [2.05, 4.69) is 22.8 Å². The van der Waals surface area contributed by atoms with Gasteiger partial charge in [0.2, 0.25) is 0 Å². The molecular weight excluding hydrogens is 250 g/mol. The molecule has 1 heterocycles. The lowest BCUT2D eigenvalue weighted by atomic mass is 10.1. The minimum absolute atomic E-state index is 0.275. The zero-order chi connectivity index (χ0) is 14.5. The standard InChI is InChI=1S/C16H23N3O/c1-13-10-18(7-8-19(13)11-14(2)20)12-16-6-4-3-5-15(16)9-17/h3-6,13-14,20H,7-8,10-12H2,1-2H3/t13-,14-/m1/s1. The van der Waals surface area contributed by atoms with E-state index >= 15 is 0 Å². The highest BCUT2D eigenvalue weighted by atomic mass is 16.3. The lowest BCUT2D eigenvalue weighted by Crippen LogP contribution is -2.53. The fraction of sp³-hybridized carbons (Fsp3) is 0.562. The van der Waals surface area contributed by atoms with E-state index in [4.69, 9.17) is 5.26 Å². The van der Waals surface area contributed by atoms with Crippen LogP contribution < -0.4 is 0 Å². The van der Waals surface area contributed by atoms with Gasteiger partial charge in [0, 0.05) is 38.8 Å². The second-order valence-electron chi connectivity index (χ2n) is 5.70. The molecular formula is C16H23N3O. The number of aliphatic hydroxyl groups is 1. The molecule has 20 heavy (non-hydrogen) atoms. The van der Waals surface area contributed by atoms with Crippen molar-refractivity contribution >= 4 is 0 Å². The highest BCUT2D eigenvalue weighted by Gasteiger charge is 2.24. The molecule has 1 N–H and O–H groups in total. The van der Waals surface area contributed by atoms with Gasteiger partial charge in [-0.3, -0.25) is 9.80 Å². The smallest absolute Gasteiger partial charge is 0.0995 e. The maximum Gasteiger partial charge on any atom is 0.0995 e. The van der Waals surface area contributed by atoms with Crippen LogP contribution in [0.3, 0.4) is 0 Å². The van der Waals surface area contributed by atoms with Gasteiger partial charge in [0.05, 0.1) is 17.7 Å². The van der Waals surface area contributed by atoms with Crippen LogP contribution in [0.5, 0.6) is 0 Å². The van der Waals surface area contributed by atoms with Gasteiger partial charge in [0.15, 0.2) is 0 Å². The second kappa shape index (κ2) is 6.85. The summed E-state index contributed by atoms with van der Waals surface area (Å²) in [5.41, 5.74) is 1.87. The number of nitrogens with zero attached hydrogens (tertiary/aromatic N) is 3. The minimum atomic E-state index is -0.275. The van der Waals surface area contributed by atoms with Gasteiger partial charge in [-0.05, 0) is 25.5 Å². The Labute approximate surface area is 121 Å². The Morgan fingerprint density at radius 2 is 2.15 bits per heavy atom. The van der Waals surface area contributed by atoms with E-state index in [9.17, 15) is 5.11 Å². The van der Waals surface area contributed by atoms with Gasteiger partial charge in [-0.15, -0.1) is 0 Å². The van der Waals surface area contributed by atoms with Gasteiger partial charge < -0.3 is 5.11 Å². The highest BCUT2D eigenvalue weighted by molar-refractivity contribution is 5.37. The number of benzene rings is 1. The van der Waals surface area contributed by atoms with E-state index in [1.165, 1.54) is 0 Å². The number of piperazine rings is 1. The van der Waals surface area contributed by atoms with Crippen molar-refractivity contribution in [1.29, 1.82) is 5.26 Å². The number of rotatable bonds is 4. The van der Waals surface area contributed by atoms with Crippen molar-refractivity contribution in [2.75, 3.05) is 26.2 Å². The van der Waals surface area contributed by atoms with E-state index in [-0.39, 0.29) is 6.10 Å². The van der Waals surface area contributed by atoms with Crippen LogP contribution in [0, 0.1) is 11.3 Å². The molecule has 1 aromatic carbocycles. The third-order valence-corrected chi connectivity index (χ3v) is 3.88. The van der Waals surface area contributed by atoms with Crippen molar-refractivity contribution in [2.24, 2.45) is 0 Å². The largest absolute Gasteiger partial charge is 0.392 e. The highest BCUT2D eigenvalue weighted by Crippen LogP contribution is 2.15. The molecule has 1 aliphatic heterocycles. The molecule has 1 aliphatic rings. The first-order valence-electron chi connectivity index (χ1n) is 7.22. The number of aliphatic hydroxyl groups excluding tert-OH is 1. The lowest BCUT2D eigenvalue weighted by molar-refractivity contribution is 0.0423. The zero-order valence-electron chi connectivity index (χ0n) is 12.3. The predicted molar refractivity (Wildman–Crippen MR) is 79.1 cm³/mol. The molecule has 1 fully saturated rings. The van der Waals surface area contributed by atoms with Crippen molar-refractivity contribution in [3.05, 3.63) is 35.4 Å². The average molecular weight is 273 g/mol. The number of β-amino-alcohol motifs (C(OH)–C–C–N with tert-alkyl or cyclic N) is 1. The maximum atomic E-state index is 9.50. The Morgan fingerprint density at radius 1 is 1.40 bits per heavy atom. The Hall–Kier alpha value is -1.41. The van der Waals surface area contributed by atoms with Crippen LogP contribution in [-0.2, 0) is 6.54 Å². The molecule has 2 atom stereocenters. The van der Waals surface area contributed by atoms with Gasteiger partial charge >= 0.3 is 0 Å². The molecule has 4 nitrogen and oxygen atoms in total. The van der Waals surface area contributed by atoms with Gasteiger partial charge in [-0.2, -0.15) is 5.26 Å². The van der Waals surface area contributed by atoms with E-state index in [0.29, 0.717) is 6.04 Å². The summed E-state index contributed by atoms with van der Waals surface area (Å²) in [6.45, 7) is 8.54. The van der Waals surface area contributed by atoms with E-state index in [0.717, 1.165) is 43.9 Å². The fourth-order valence-corrected chi connectivity index (χ4v) is 2.83. The first-order valence-corrected chi connectivity index (χ1v) is 7.22. The van der Waals surface area contributed by atoms with Crippen molar-refractivity contribution in [1.82, 2.24) is 9.80 Å². The predicted octanol–water partition coefficient (Wildman–Crippen LogP) is 1.45. The molecule has 4 heteroatoms. The van der Waals surface area contributed by atoms with Crippen molar-refractivity contribution in [3.8, 4) is 6.07 Å². The van der Waals surface area contributed by atoms with Crippen LogP contribution in [0.25, 0.3) is 0 Å². The summed E-state index contributed by atoms with van der Waals surface area (Å²) in [6.07, 6.45) is -0.275. The third kappa shape index (κ3) is 3.80. The molecule has 0 saturated carbocycles. The van der Waals surface area contributed by atoms with Crippen LogP contribution in [0.1, 0.15) is 25.0 Å². The summed E-state index contributed by atoms with van der Waals surface area (Å²) < 4.78 is 0. The molecule has 0 bridgehead atoms. The summed E-state index contributed by atoms with van der Waals surface area (Å²) in [4.78, 5) is 4.72. The number of nitriles is 1. The molecule has 2 rings (SSSR count). The molecule has 0 amide bonds. The summed E-state index contributed by atoms with van der Waals surface area (Å²) in [7, 11) is 0. The van der Waals surface area contributed by atoms with Crippen LogP contribution in [0.4, 0.5) is 0 Å². The molecule has 1 saturated heterocycles. The van der Waals surface area contributed by atoms with E-state index < -0.39 is 0 Å². The van der Waals surface area contributed by atoms with E-state index in [1.54, 1.807) is 0 Å². The second-order valence-corrected chi connectivity index (χ2v) is 5.70. The third-order valence-electron chi connectivity index (χ3n) is 3.88. The molecule has 0 spiro atoms. The Morgan fingerprint density at radius 3 is 2.80 bits per heavy atom. The number of hydrogen-bond donors (Lipinski definition) is 1. The van der Waals surface area contributed by atoms with Crippen molar-refractivity contribution < 1.29 is 5.11 Å². The summed E-state index contributed by atoms with van der Waals surface area (Å²) in [5, 5.41) is 18.6. The quantitative estimate of drug-likeness (QED) is 0.902. The Balaban J connectivity index is 1.95. The van der Waals surface area contributed by atoms with Crippen LogP contribution in [0.2, 0.25) is 0 Å². The van der Waals surface area contributed by atoms with Gasteiger partial charge in [-0.25, -0.2) is 0 Å². The first-order chi connectivity index (χ1) is 9.60. The van der Waals surface area contributed by atoms with Crippen LogP contribution >= 0.6 is 0 Å². The summed E-state index contributed by atoms with van der Waals surface area (Å²) in [6, 6.07) is 10.5. The molecule has 1 aromatic rings. The normalized spacial score (nSPS) is 22.4. The Kier molecular flexibility index (Phi) is 5.13. The summed E-state index contributed by atoms with van der Waals surface area (Å²) in [5.74, 6) is 0. The van der Waals surface area contributed by atoms with Gasteiger partial charge in [-0.1, -0.05) is 18.2 Å². The Bertz CT molecular complexity index is 481. The lowest BCUT2D eigenvalue weighted by Gasteiger charge is -2.40. The van der Waals surface area contributed by atoms with Crippen molar-refractivity contribution in [2.45, 2.75) is 32.5 Å². The first kappa shape index (κ1) is 15.0. The fourth-order valence-electron chi connectivity index (χ4n) is 2.83. The summed E-state index contributed by atoms with van der Waals surface area (Å²) >= 11 is 0. The average Bonchev–Trinajstić information content (AvgIpc) is 2.42. The SMILES string of the molecule is C[C@@H]1CN(Cc2ccccc2C#N)CCN1C[C@@H](C)O. The van der Waals surface area contributed by atoms with Gasteiger partial charge in [0.25, 0.3) is 0 Å². The van der Waals surface area contributed by atoms with Crippen LogP contribution in [-0.4, -0.2) is 53.2 Å². The molecule has 0 aromatic heterocycles.